The van der Waals surface area contributed by atoms with Crippen molar-refractivity contribution >= 4 is 11.4 Å². The smallest absolute Gasteiger partial charge is 0.142 e. The van der Waals surface area contributed by atoms with Gasteiger partial charge in [0.05, 0.1) is 12.8 Å². The van der Waals surface area contributed by atoms with E-state index < -0.39 is 0 Å². The molecule has 4 heteroatoms. The maximum atomic E-state index is 10.4. The van der Waals surface area contributed by atoms with E-state index in [1.807, 2.05) is 11.9 Å². The van der Waals surface area contributed by atoms with E-state index in [9.17, 15) is 4.91 Å². The lowest BCUT2D eigenvalue weighted by atomic mass is 10.2. The van der Waals surface area contributed by atoms with Gasteiger partial charge in [-0.1, -0.05) is 6.92 Å². The molecule has 82 valence electrons. The molecule has 0 N–H and O–H groups in total. The summed E-state index contributed by atoms with van der Waals surface area (Å²) < 4.78 is 5.23. The van der Waals surface area contributed by atoms with E-state index in [1.54, 1.807) is 25.3 Å². The Bertz CT molecular complexity index is 339. The van der Waals surface area contributed by atoms with E-state index in [2.05, 4.69) is 12.1 Å². The lowest BCUT2D eigenvalue weighted by Crippen LogP contribution is -2.18. The largest absolute Gasteiger partial charge is 0.495 e. The number of anilines is 1. The molecule has 0 atom stereocenters. The Morgan fingerprint density at radius 2 is 2.20 bits per heavy atom. The van der Waals surface area contributed by atoms with Crippen molar-refractivity contribution in [1.82, 2.24) is 0 Å². The van der Waals surface area contributed by atoms with Crippen LogP contribution >= 0.6 is 0 Å². The maximum absolute atomic E-state index is 10.4. The van der Waals surface area contributed by atoms with Crippen LogP contribution in [0.5, 0.6) is 5.75 Å². The number of nitrogens with zero attached hydrogens (tertiary/aromatic N) is 2. The molecular formula is C11H16N2O2. The summed E-state index contributed by atoms with van der Waals surface area (Å²) in [5.41, 5.74) is 1.32. The van der Waals surface area contributed by atoms with E-state index in [-0.39, 0.29) is 0 Å². The van der Waals surface area contributed by atoms with Gasteiger partial charge in [-0.2, -0.15) is 0 Å². The Morgan fingerprint density at radius 1 is 1.47 bits per heavy atom. The van der Waals surface area contributed by atoms with Crippen LogP contribution in [0.2, 0.25) is 0 Å². The molecule has 0 saturated heterocycles. The summed E-state index contributed by atoms with van der Waals surface area (Å²) in [5.74, 6) is 0.762. The van der Waals surface area contributed by atoms with Crippen molar-refractivity contribution < 1.29 is 4.74 Å². The zero-order chi connectivity index (χ0) is 11.3. The minimum atomic E-state index is 0.425. The molecule has 0 aromatic heterocycles. The fourth-order valence-electron chi connectivity index (χ4n) is 1.49. The fraction of sp³-hybridized carbons (Fsp3) is 0.455. The van der Waals surface area contributed by atoms with E-state index in [1.165, 1.54) is 0 Å². The third kappa shape index (κ3) is 2.68. The first kappa shape index (κ1) is 11.5. The van der Waals surface area contributed by atoms with E-state index in [0.717, 1.165) is 24.4 Å². The average Bonchev–Trinajstić information content (AvgIpc) is 2.28. The van der Waals surface area contributed by atoms with Crippen molar-refractivity contribution in [2.45, 2.75) is 13.3 Å². The molecule has 1 aromatic rings. The molecule has 15 heavy (non-hydrogen) atoms. The Kier molecular flexibility index (Phi) is 4.09. The van der Waals surface area contributed by atoms with Crippen LogP contribution in [0.4, 0.5) is 11.4 Å². The lowest BCUT2D eigenvalue weighted by Gasteiger charge is -2.20. The molecule has 0 spiro atoms. The summed E-state index contributed by atoms with van der Waals surface area (Å²) in [6, 6.07) is 5.15. The predicted molar refractivity (Wildman–Crippen MR) is 62.0 cm³/mol. The van der Waals surface area contributed by atoms with E-state index >= 15 is 0 Å². The predicted octanol–water partition coefficient (Wildman–Crippen LogP) is 2.94. The molecule has 0 bridgehead atoms. The molecule has 4 nitrogen and oxygen atoms in total. The summed E-state index contributed by atoms with van der Waals surface area (Å²) in [7, 11) is 3.59. The molecule has 0 unspecified atom stereocenters. The minimum absolute atomic E-state index is 0.425. The number of rotatable bonds is 5. The number of ether oxygens (including phenoxy) is 1. The second kappa shape index (κ2) is 5.34. The van der Waals surface area contributed by atoms with Gasteiger partial charge in [-0.15, -0.1) is 4.91 Å². The zero-order valence-electron chi connectivity index (χ0n) is 9.36. The van der Waals surface area contributed by atoms with Crippen molar-refractivity contribution in [2.75, 3.05) is 25.6 Å². The standard InChI is InChI=1S/C11H16N2O2/c1-4-7-13(2)10-8-9(12-14)5-6-11(10)15-3/h5-6,8H,4,7H2,1-3H3. The molecule has 0 saturated carbocycles. The highest BCUT2D eigenvalue weighted by Crippen LogP contribution is 2.31. The van der Waals surface area contributed by atoms with Gasteiger partial charge < -0.3 is 9.64 Å². The third-order valence-electron chi connectivity index (χ3n) is 2.24. The fourth-order valence-corrected chi connectivity index (χ4v) is 1.49. The monoisotopic (exact) mass is 208 g/mol. The first-order valence-corrected chi connectivity index (χ1v) is 4.95. The average molecular weight is 208 g/mol. The summed E-state index contributed by atoms with van der Waals surface area (Å²) in [6.07, 6.45) is 1.04. The highest BCUT2D eigenvalue weighted by molar-refractivity contribution is 5.64. The first-order valence-electron chi connectivity index (χ1n) is 4.95. The summed E-state index contributed by atoms with van der Waals surface area (Å²) in [6.45, 7) is 3.02. The van der Waals surface area contributed by atoms with Gasteiger partial charge in [0.1, 0.15) is 11.4 Å². The van der Waals surface area contributed by atoms with Gasteiger partial charge >= 0.3 is 0 Å². The highest BCUT2D eigenvalue weighted by Gasteiger charge is 2.08. The van der Waals surface area contributed by atoms with Crippen LogP contribution in [-0.4, -0.2) is 20.7 Å². The summed E-state index contributed by atoms with van der Waals surface area (Å²) >= 11 is 0. The molecule has 1 rings (SSSR count). The summed E-state index contributed by atoms with van der Waals surface area (Å²) in [5, 5.41) is 2.92. The van der Waals surface area contributed by atoms with Crippen LogP contribution in [0, 0.1) is 4.91 Å². The second-order valence-electron chi connectivity index (χ2n) is 3.37. The SMILES string of the molecule is CCCN(C)c1cc(N=O)ccc1OC. The zero-order valence-corrected chi connectivity index (χ0v) is 9.36. The molecule has 0 fully saturated rings. The molecule has 0 aliphatic carbocycles. The van der Waals surface area contributed by atoms with Gasteiger partial charge in [0.25, 0.3) is 0 Å². The van der Waals surface area contributed by atoms with Gasteiger partial charge in [-0.25, -0.2) is 0 Å². The van der Waals surface area contributed by atoms with Crippen LogP contribution in [-0.2, 0) is 0 Å². The van der Waals surface area contributed by atoms with Crippen LogP contribution < -0.4 is 9.64 Å². The van der Waals surface area contributed by atoms with Crippen molar-refractivity contribution in [1.29, 1.82) is 0 Å². The highest BCUT2D eigenvalue weighted by atomic mass is 16.5. The topological polar surface area (TPSA) is 41.9 Å². The molecule has 1 aromatic carbocycles. The Balaban J connectivity index is 3.05. The third-order valence-corrected chi connectivity index (χ3v) is 2.24. The van der Waals surface area contributed by atoms with Crippen molar-refractivity contribution in [3.63, 3.8) is 0 Å². The first-order chi connectivity index (χ1) is 7.22. The molecule has 0 amide bonds. The molecule has 0 radical (unpaired) electrons. The lowest BCUT2D eigenvalue weighted by molar-refractivity contribution is 0.415. The van der Waals surface area contributed by atoms with Gasteiger partial charge in [-0.05, 0) is 29.8 Å². The van der Waals surface area contributed by atoms with Crippen LogP contribution in [0.15, 0.2) is 23.4 Å². The molecule has 0 heterocycles. The van der Waals surface area contributed by atoms with Crippen molar-refractivity contribution in [3.05, 3.63) is 23.1 Å². The van der Waals surface area contributed by atoms with Gasteiger partial charge in [-0.3, -0.25) is 0 Å². The number of hydrogen-bond donors (Lipinski definition) is 0. The van der Waals surface area contributed by atoms with E-state index in [4.69, 9.17) is 4.74 Å². The number of benzene rings is 1. The maximum Gasteiger partial charge on any atom is 0.142 e. The Labute approximate surface area is 89.8 Å². The van der Waals surface area contributed by atoms with Crippen LogP contribution in [0.1, 0.15) is 13.3 Å². The normalized spacial score (nSPS) is 9.80. The minimum Gasteiger partial charge on any atom is -0.495 e. The second-order valence-corrected chi connectivity index (χ2v) is 3.37. The molecular weight excluding hydrogens is 192 g/mol. The molecule has 0 aliphatic rings. The quantitative estimate of drug-likeness (QED) is 0.698. The van der Waals surface area contributed by atoms with Crippen molar-refractivity contribution in [2.24, 2.45) is 5.18 Å². The Hall–Kier alpha value is -1.58. The van der Waals surface area contributed by atoms with Crippen LogP contribution in [0.25, 0.3) is 0 Å². The number of hydrogen-bond acceptors (Lipinski definition) is 4. The van der Waals surface area contributed by atoms with Crippen LogP contribution in [0.3, 0.4) is 0 Å². The molecule has 0 aliphatic heterocycles. The number of methoxy groups -OCH3 is 1. The van der Waals surface area contributed by atoms with Gasteiger partial charge in [0.15, 0.2) is 0 Å². The van der Waals surface area contributed by atoms with E-state index in [0.29, 0.717) is 5.69 Å². The number of nitroso groups, excluding NO2 is 1. The van der Waals surface area contributed by atoms with Gasteiger partial charge in [0, 0.05) is 13.6 Å². The Morgan fingerprint density at radius 3 is 2.73 bits per heavy atom. The van der Waals surface area contributed by atoms with Crippen molar-refractivity contribution in [3.8, 4) is 5.75 Å². The van der Waals surface area contributed by atoms with Gasteiger partial charge in [0.2, 0.25) is 0 Å². The summed E-state index contributed by atoms with van der Waals surface area (Å²) in [4.78, 5) is 12.5.